The number of carbonyl (C=O) groups is 3. The minimum atomic E-state index is -1.13. The fourth-order valence-corrected chi connectivity index (χ4v) is 2.03. The minimum Gasteiger partial charge on any atom is -0.439 e. The Balaban J connectivity index is 2.20. The number of ketones is 1. The summed E-state index contributed by atoms with van der Waals surface area (Å²) in [5, 5.41) is 7.76. The molecule has 0 aliphatic heterocycles. The van der Waals surface area contributed by atoms with Crippen LogP contribution in [0.3, 0.4) is 0 Å². The molecule has 1 aromatic carbocycles. The molecule has 1 unspecified atom stereocenters. The summed E-state index contributed by atoms with van der Waals surface area (Å²) in [6.07, 6.45) is -2.54. The van der Waals surface area contributed by atoms with Gasteiger partial charge in [-0.1, -0.05) is 6.07 Å². The first-order chi connectivity index (χ1) is 11.8. The van der Waals surface area contributed by atoms with Gasteiger partial charge in [0.25, 0.3) is 5.91 Å². The van der Waals surface area contributed by atoms with E-state index >= 15 is 0 Å². The maximum absolute atomic E-state index is 13.5. The molecule has 2 rings (SSSR count). The van der Waals surface area contributed by atoms with Crippen molar-refractivity contribution in [3.63, 3.8) is 0 Å². The third-order valence-corrected chi connectivity index (χ3v) is 3.22. The smallest absolute Gasteiger partial charge is 0.405 e. The highest BCUT2D eigenvalue weighted by atomic mass is 19.1. The Morgan fingerprint density at radius 1 is 1.32 bits per heavy atom. The van der Waals surface area contributed by atoms with Gasteiger partial charge in [-0.25, -0.2) is 9.18 Å². The molecule has 1 aromatic heterocycles. The maximum atomic E-state index is 13.5. The number of hydrogen-bond acceptors (Lipinski definition) is 5. The summed E-state index contributed by atoms with van der Waals surface area (Å²) in [6, 6.07) is 4.20. The van der Waals surface area contributed by atoms with Crippen molar-refractivity contribution in [3.8, 4) is 0 Å². The van der Waals surface area contributed by atoms with Crippen LogP contribution in [0, 0.1) is 11.8 Å². The van der Waals surface area contributed by atoms with E-state index in [9.17, 15) is 23.2 Å². The number of nitrogens with two attached hydrogens (primary N) is 1. The van der Waals surface area contributed by atoms with Gasteiger partial charge in [-0.2, -0.15) is 9.49 Å². The van der Waals surface area contributed by atoms with Crippen LogP contribution < -0.4 is 11.1 Å². The molecule has 1 atom stereocenters. The number of nitrogens with zero attached hydrogens (tertiary/aromatic N) is 1. The average Bonchev–Trinajstić information content (AvgIpc) is 2.93. The molecule has 0 spiro atoms. The zero-order valence-electron chi connectivity index (χ0n) is 13.0. The highest BCUT2D eigenvalue weighted by molar-refractivity contribution is 6.05. The van der Waals surface area contributed by atoms with Crippen molar-refractivity contribution in [2.24, 2.45) is 5.73 Å². The van der Waals surface area contributed by atoms with Crippen LogP contribution in [0.1, 0.15) is 22.8 Å². The molecule has 2 aromatic rings. The third kappa shape index (κ3) is 4.83. The van der Waals surface area contributed by atoms with E-state index < -0.39 is 35.7 Å². The average molecular weight is 352 g/mol. The topological polar surface area (TPSA) is 127 Å². The van der Waals surface area contributed by atoms with Crippen molar-refractivity contribution < 1.29 is 27.9 Å². The van der Waals surface area contributed by atoms with Gasteiger partial charge in [0, 0.05) is 18.1 Å². The van der Waals surface area contributed by atoms with Crippen LogP contribution in [-0.4, -0.2) is 34.1 Å². The number of benzene rings is 1. The predicted molar refractivity (Wildman–Crippen MR) is 81.7 cm³/mol. The normalized spacial score (nSPS) is 11.6. The molecule has 0 bridgehead atoms. The first-order valence-electron chi connectivity index (χ1n) is 7.05. The number of nitrogens with one attached hydrogen (secondary N) is 2. The van der Waals surface area contributed by atoms with Crippen LogP contribution in [0.2, 0.25) is 0 Å². The second-order valence-corrected chi connectivity index (χ2v) is 5.08. The lowest BCUT2D eigenvalue weighted by Crippen LogP contribution is -2.29. The first kappa shape index (κ1) is 18.0. The van der Waals surface area contributed by atoms with Gasteiger partial charge in [0.1, 0.15) is 5.82 Å². The zero-order valence-corrected chi connectivity index (χ0v) is 13.0. The van der Waals surface area contributed by atoms with E-state index in [0.29, 0.717) is 0 Å². The molecular formula is C15H14F2N4O4. The van der Waals surface area contributed by atoms with E-state index in [-0.39, 0.29) is 23.4 Å². The summed E-state index contributed by atoms with van der Waals surface area (Å²) in [5.74, 6) is -2.88. The van der Waals surface area contributed by atoms with E-state index in [1.54, 1.807) is 0 Å². The number of amides is 2. The van der Waals surface area contributed by atoms with Crippen LogP contribution in [0.15, 0.2) is 24.3 Å². The van der Waals surface area contributed by atoms with E-state index in [0.717, 1.165) is 18.2 Å². The number of aromatic amines is 1. The Hall–Kier alpha value is -3.30. The summed E-state index contributed by atoms with van der Waals surface area (Å²) < 4.78 is 30.9. The van der Waals surface area contributed by atoms with E-state index in [1.165, 1.54) is 13.0 Å². The molecule has 0 radical (unpaired) electrons. The summed E-state index contributed by atoms with van der Waals surface area (Å²) >= 11 is 0. The molecule has 8 nitrogen and oxygen atoms in total. The number of anilines is 1. The standard InChI is InChI=1S/C15H14F2N4O4/c1-7(25-15(18)24)11(22)4-8-2-3-9(16)5-10(8)14(23)19-13-6-12(17)20-21-13/h2-3,5-7H,4H2,1H3,(H2,18,24)(H2,19,20,21,23). The Kier molecular flexibility index (Phi) is 5.42. The largest absolute Gasteiger partial charge is 0.439 e. The van der Waals surface area contributed by atoms with Gasteiger partial charge in [-0.05, 0) is 24.6 Å². The van der Waals surface area contributed by atoms with Gasteiger partial charge >= 0.3 is 6.09 Å². The highest BCUT2D eigenvalue weighted by Crippen LogP contribution is 2.16. The van der Waals surface area contributed by atoms with Gasteiger partial charge < -0.3 is 15.8 Å². The van der Waals surface area contributed by atoms with Crippen molar-refractivity contribution in [2.75, 3.05) is 5.32 Å². The number of ether oxygens (including phenoxy) is 1. The van der Waals surface area contributed by atoms with Gasteiger partial charge in [-0.15, -0.1) is 0 Å². The molecule has 1 heterocycles. The summed E-state index contributed by atoms with van der Waals surface area (Å²) in [7, 11) is 0. The number of rotatable bonds is 6. The second-order valence-electron chi connectivity index (χ2n) is 5.08. The van der Waals surface area contributed by atoms with Crippen molar-refractivity contribution in [1.29, 1.82) is 0 Å². The fraction of sp³-hybridized carbons (Fsp3) is 0.200. The van der Waals surface area contributed by atoms with Crippen molar-refractivity contribution in [3.05, 3.63) is 47.2 Å². The van der Waals surface area contributed by atoms with Crippen LogP contribution >= 0.6 is 0 Å². The van der Waals surface area contributed by atoms with Gasteiger partial charge in [0.15, 0.2) is 17.7 Å². The number of carbonyl (C=O) groups excluding carboxylic acids is 3. The second kappa shape index (κ2) is 7.51. The maximum Gasteiger partial charge on any atom is 0.405 e. The summed E-state index contributed by atoms with van der Waals surface area (Å²) in [4.78, 5) is 35.0. The SMILES string of the molecule is CC(OC(N)=O)C(=O)Cc1ccc(F)cc1C(=O)Nc1cc(F)[nH]n1. The first-order valence-corrected chi connectivity index (χ1v) is 7.05. The van der Waals surface area contributed by atoms with E-state index in [4.69, 9.17) is 5.73 Å². The van der Waals surface area contributed by atoms with Crippen molar-refractivity contribution in [2.45, 2.75) is 19.4 Å². The Labute approximate surface area is 140 Å². The number of halogens is 2. The van der Waals surface area contributed by atoms with E-state index in [1.807, 2.05) is 5.10 Å². The number of H-pyrrole nitrogens is 1. The molecule has 2 amide bonds. The van der Waals surface area contributed by atoms with Gasteiger partial charge in [-0.3, -0.25) is 14.7 Å². The van der Waals surface area contributed by atoms with Crippen molar-refractivity contribution >= 4 is 23.6 Å². The molecule has 0 saturated carbocycles. The third-order valence-electron chi connectivity index (χ3n) is 3.22. The van der Waals surface area contributed by atoms with Crippen LogP contribution in [0.25, 0.3) is 0 Å². The fourth-order valence-electron chi connectivity index (χ4n) is 2.03. The van der Waals surface area contributed by atoms with Crippen LogP contribution in [-0.2, 0) is 16.0 Å². The number of primary amides is 1. The lowest BCUT2D eigenvalue weighted by atomic mass is 9.99. The van der Waals surface area contributed by atoms with E-state index in [2.05, 4.69) is 15.2 Å². The highest BCUT2D eigenvalue weighted by Gasteiger charge is 2.21. The Morgan fingerprint density at radius 3 is 2.64 bits per heavy atom. The Bertz CT molecular complexity index is 822. The predicted octanol–water partition coefficient (Wildman–Crippen LogP) is 1.54. The molecule has 0 saturated heterocycles. The molecule has 4 N–H and O–H groups in total. The van der Waals surface area contributed by atoms with Gasteiger partial charge in [0.2, 0.25) is 5.95 Å². The minimum absolute atomic E-state index is 0.102. The quantitative estimate of drug-likeness (QED) is 0.726. The number of hydrogen-bond donors (Lipinski definition) is 3. The molecule has 0 fully saturated rings. The molecule has 25 heavy (non-hydrogen) atoms. The lowest BCUT2D eigenvalue weighted by molar-refractivity contribution is -0.125. The number of Topliss-reactive ketones (excluding diaryl/α,β-unsaturated/α-hetero) is 1. The molecule has 0 aliphatic rings. The lowest BCUT2D eigenvalue weighted by Gasteiger charge is -2.12. The van der Waals surface area contributed by atoms with Crippen LogP contribution in [0.5, 0.6) is 0 Å². The Morgan fingerprint density at radius 2 is 2.04 bits per heavy atom. The van der Waals surface area contributed by atoms with Crippen LogP contribution in [0.4, 0.5) is 19.4 Å². The van der Waals surface area contributed by atoms with Crippen molar-refractivity contribution in [1.82, 2.24) is 10.2 Å². The number of aromatic nitrogens is 2. The summed E-state index contributed by atoms with van der Waals surface area (Å²) in [5.41, 5.74) is 4.90. The molecule has 132 valence electrons. The zero-order chi connectivity index (χ0) is 18.6. The summed E-state index contributed by atoms with van der Waals surface area (Å²) in [6.45, 7) is 1.32. The monoisotopic (exact) mass is 352 g/mol. The molecular weight excluding hydrogens is 338 g/mol. The molecule has 10 heteroatoms. The molecule has 0 aliphatic carbocycles. The van der Waals surface area contributed by atoms with Gasteiger partial charge in [0.05, 0.1) is 0 Å².